The number of rotatable bonds is 6. The first kappa shape index (κ1) is 26.9. The number of halogens is 3. The number of aromatic nitrogens is 3. The van der Waals surface area contributed by atoms with E-state index in [0.717, 1.165) is 0 Å². The predicted octanol–water partition coefficient (Wildman–Crippen LogP) is 4.26. The van der Waals surface area contributed by atoms with Crippen LogP contribution in [0.3, 0.4) is 0 Å². The standard InChI is InChI=1S/C25H30ClF2N7O2/c1-14-12-34(13-20(29)25(14,27)28)22-17(30-4)11-16(26)21(32-22)31-15-6-7-18-19(10-15)35(23(36)33(18)5)9-8-24(2,3)37/h6-7,10-11,14,20,37H,8-9,12-13,29H2,1-3,5H3,(H,31,32)/t14-,20+/m1/s1. The number of fused-ring (bicyclic) bond motifs is 1. The average molecular weight is 534 g/mol. The fourth-order valence-electron chi connectivity index (χ4n) is 4.52. The number of aliphatic hydroxyl groups is 1. The number of alkyl halides is 2. The van der Waals surface area contributed by atoms with Gasteiger partial charge in [-0.15, -0.1) is 0 Å². The van der Waals surface area contributed by atoms with Gasteiger partial charge in [0.2, 0.25) is 5.69 Å². The van der Waals surface area contributed by atoms with Crippen LogP contribution in [0.5, 0.6) is 0 Å². The average Bonchev–Trinajstić information content (AvgIpc) is 3.05. The molecule has 0 aliphatic carbocycles. The molecule has 0 bridgehead atoms. The van der Waals surface area contributed by atoms with Crippen molar-refractivity contribution >= 4 is 45.6 Å². The number of hydrogen-bond acceptors (Lipinski definition) is 6. The minimum atomic E-state index is -3.02. The van der Waals surface area contributed by atoms with E-state index in [1.54, 1.807) is 48.6 Å². The summed E-state index contributed by atoms with van der Waals surface area (Å²) in [6, 6.07) is 5.38. The number of imidazole rings is 1. The first-order valence-corrected chi connectivity index (χ1v) is 12.3. The van der Waals surface area contributed by atoms with Gasteiger partial charge in [-0.3, -0.25) is 9.13 Å². The van der Waals surface area contributed by atoms with Crippen LogP contribution in [0.1, 0.15) is 27.2 Å². The Morgan fingerprint density at radius 2 is 2.03 bits per heavy atom. The van der Waals surface area contributed by atoms with Crippen LogP contribution in [0, 0.1) is 12.5 Å². The maximum absolute atomic E-state index is 14.3. The largest absolute Gasteiger partial charge is 0.390 e. The van der Waals surface area contributed by atoms with Crippen LogP contribution in [0.25, 0.3) is 15.9 Å². The Morgan fingerprint density at radius 1 is 1.32 bits per heavy atom. The van der Waals surface area contributed by atoms with E-state index >= 15 is 0 Å². The van der Waals surface area contributed by atoms with Crippen molar-refractivity contribution in [3.8, 4) is 0 Å². The van der Waals surface area contributed by atoms with Crippen molar-refractivity contribution in [2.75, 3.05) is 23.3 Å². The fourth-order valence-corrected chi connectivity index (χ4v) is 4.72. The summed E-state index contributed by atoms with van der Waals surface area (Å²) in [6.07, 6.45) is 0.383. The van der Waals surface area contributed by atoms with Crippen LogP contribution in [0.4, 0.5) is 31.8 Å². The molecule has 4 rings (SSSR count). The highest BCUT2D eigenvalue weighted by molar-refractivity contribution is 6.33. The lowest BCUT2D eigenvalue weighted by Crippen LogP contribution is -2.60. The zero-order valence-corrected chi connectivity index (χ0v) is 21.9. The second-order valence-corrected chi connectivity index (χ2v) is 10.7. The van der Waals surface area contributed by atoms with Gasteiger partial charge in [0, 0.05) is 38.3 Å². The molecule has 2 atom stereocenters. The first-order chi connectivity index (χ1) is 17.2. The van der Waals surface area contributed by atoms with E-state index in [-0.39, 0.29) is 41.1 Å². The monoisotopic (exact) mass is 533 g/mol. The molecule has 1 fully saturated rings. The zero-order valence-electron chi connectivity index (χ0n) is 21.1. The molecule has 0 saturated carbocycles. The van der Waals surface area contributed by atoms with E-state index in [1.165, 1.54) is 17.6 Å². The second kappa shape index (κ2) is 9.59. The summed E-state index contributed by atoms with van der Waals surface area (Å²) in [5.74, 6) is -3.58. The van der Waals surface area contributed by atoms with Crippen LogP contribution in [-0.4, -0.2) is 49.9 Å². The molecule has 3 heterocycles. The molecule has 9 nitrogen and oxygen atoms in total. The normalized spacial score (nSPS) is 19.7. The first-order valence-electron chi connectivity index (χ1n) is 11.9. The molecule has 0 radical (unpaired) electrons. The van der Waals surface area contributed by atoms with Gasteiger partial charge >= 0.3 is 5.69 Å². The maximum atomic E-state index is 14.3. The van der Waals surface area contributed by atoms with Crippen molar-refractivity contribution < 1.29 is 13.9 Å². The van der Waals surface area contributed by atoms with E-state index < -0.39 is 23.5 Å². The topological polar surface area (TPSA) is 106 Å². The lowest BCUT2D eigenvalue weighted by atomic mass is 9.91. The van der Waals surface area contributed by atoms with Crippen molar-refractivity contribution in [2.24, 2.45) is 18.7 Å². The molecule has 2 aromatic heterocycles. The molecule has 1 saturated heterocycles. The summed E-state index contributed by atoms with van der Waals surface area (Å²) >= 11 is 6.43. The third-order valence-corrected chi connectivity index (χ3v) is 7.06. The number of nitrogens with one attached hydrogen (secondary N) is 1. The summed E-state index contributed by atoms with van der Waals surface area (Å²) in [4.78, 5) is 22.4. The third-order valence-electron chi connectivity index (χ3n) is 6.77. The highest BCUT2D eigenvalue weighted by Crippen LogP contribution is 2.40. The summed E-state index contributed by atoms with van der Waals surface area (Å²) < 4.78 is 31.7. The number of hydrogen-bond donors (Lipinski definition) is 3. The number of piperidine rings is 1. The van der Waals surface area contributed by atoms with Crippen molar-refractivity contribution in [3.05, 3.63) is 51.2 Å². The molecule has 4 N–H and O–H groups in total. The number of anilines is 3. The number of benzene rings is 1. The van der Waals surface area contributed by atoms with Gasteiger partial charge in [-0.25, -0.2) is 23.4 Å². The Hall–Kier alpha value is -3.20. The highest BCUT2D eigenvalue weighted by Gasteiger charge is 2.48. The Balaban J connectivity index is 1.70. The van der Waals surface area contributed by atoms with Gasteiger partial charge in [-0.2, -0.15) is 0 Å². The SMILES string of the molecule is [C-]#[N+]c1cc(Cl)c(Nc2ccc3c(c2)n(CCC(C)(C)O)c(=O)n3C)nc1N1C[C@@H](C)C(F)(F)[C@@H](N)C1. The molecule has 0 amide bonds. The molecule has 1 aliphatic heterocycles. The van der Waals surface area contributed by atoms with E-state index in [9.17, 15) is 18.7 Å². The van der Waals surface area contributed by atoms with Crippen LogP contribution >= 0.6 is 11.6 Å². The summed E-state index contributed by atoms with van der Waals surface area (Å²) in [6.45, 7) is 12.5. The quantitative estimate of drug-likeness (QED) is 0.409. The van der Waals surface area contributed by atoms with Gasteiger partial charge in [0.1, 0.15) is 11.6 Å². The lowest BCUT2D eigenvalue weighted by molar-refractivity contribution is -0.0806. The highest BCUT2D eigenvalue weighted by atomic mass is 35.5. The zero-order chi connectivity index (χ0) is 27.3. The van der Waals surface area contributed by atoms with Gasteiger partial charge in [-0.1, -0.05) is 18.5 Å². The van der Waals surface area contributed by atoms with Crippen molar-refractivity contribution in [3.63, 3.8) is 0 Å². The summed E-state index contributed by atoms with van der Waals surface area (Å²) in [7, 11) is 1.68. The van der Waals surface area contributed by atoms with E-state index in [4.69, 9.17) is 23.9 Å². The number of nitrogens with zero attached hydrogens (tertiary/aromatic N) is 5. The summed E-state index contributed by atoms with van der Waals surface area (Å²) in [5, 5.41) is 13.5. The molecule has 0 spiro atoms. The van der Waals surface area contributed by atoms with Gasteiger partial charge in [0.25, 0.3) is 5.92 Å². The van der Waals surface area contributed by atoms with Gasteiger partial charge < -0.3 is 21.1 Å². The smallest absolute Gasteiger partial charge is 0.328 e. The minimum absolute atomic E-state index is 0.0131. The van der Waals surface area contributed by atoms with Crippen LogP contribution in [-0.2, 0) is 13.6 Å². The molecular weight excluding hydrogens is 504 g/mol. The molecule has 1 aromatic carbocycles. The van der Waals surface area contributed by atoms with Gasteiger partial charge in [0.15, 0.2) is 0 Å². The molecular formula is C25H30ClF2N7O2. The molecule has 12 heteroatoms. The van der Waals surface area contributed by atoms with E-state index in [1.807, 2.05) is 0 Å². The second-order valence-electron chi connectivity index (χ2n) is 10.2. The van der Waals surface area contributed by atoms with E-state index in [2.05, 4.69) is 15.1 Å². The van der Waals surface area contributed by atoms with Crippen molar-refractivity contribution in [1.82, 2.24) is 14.1 Å². The number of aryl methyl sites for hydroxylation is 2. The number of nitrogens with two attached hydrogens (primary N) is 1. The van der Waals surface area contributed by atoms with Crippen molar-refractivity contribution in [2.45, 2.75) is 51.3 Å². The van der Waals surface area contributed by atoms with Crippen LogP contribution in [0.15, 0.2) is 29.1 Å². The van der Waals surface area contributed by atoms with Crippen LogP contribution in [0.2, 0.25) is 5.02 Å². The third kappa shape index (κ3) is 5.14. The molecule has 3 aromatic rings. The molecule has 1 aliphatic rings. The fraction of sp³-hybridized carbons (Fsp3) is 0.480. The van der Waals surface area contributed by atoms with Gasteiger partial charge in [-0.05, 0) is 44.5 Å². The lowest BCUT2D eigenvalue weighted by Gasteiger charge is -2.41. The minimum Gasteiger partial charge on any atom is -0.390 e. The Bertz CT molecular complexity index is 1420. The molecule has 37 heavy (non-hydrogen) atoms. The Morgan fingerprint density at radius 3 is 2.65 bits per heavy atom. The number of pyridine rings is 1. The van der Waals surface area contributed by atoms with Crippen molar-refractivity contribution in [1.29, 1.82) is 0 Å². The molecule has 0 unspecified atom stereocenters. The Kier molecular flexibility index (Phi) is 6.96. The van der Waals surface area contributed by atoms with E-state index in [0.29, 0.717) is 29.7 Å². The molecule has 198 valence electrons. The van der Waals surface area contributed by atoms with Gasteiger partial charge in [0.05, 0.1) is 34.3 Å². The summed E-state index contributed by atoms with van der Waals surface area (Å²) in [5.41, 5.74) is 6.72. The predicted molar refractivity (Wildman–Crippen MR) is 141 cm³/mol. The Labute approximate surface area is 218 Å². The maximum Gasteiger partial charge on any atom is 0.328 e. The van der Waals surface area contributed by atoms with Crippen LogP contribution < -0.4 is 21.6 Å².